The summed E-state index contributed by atoms with van der Waals surface area (Å²) in [7, 11) is -1.18. The lowest BCUT2D eigenvalue weighted by Gasteiger charge is -2.40. The van der Waals surface area contributed by atoms with Crippen molar-refractivity contribution in [1.82, 2.24) is 10.6 Å². The van der Waals surface area contributed by atoms with Crippen LogP contribution in [0, 0.1) is 5.41 Å². The number of hydrogen-bond donors (Lipinski definition) is 2. The molecular formula is C22H35N3O3S. The molecule has 29 heavy (non-hydrogen) atoms. The molecule has 1 heterocycles. The lowest BCUT2D eigenvalue weighted by molar-refractivity contribution is 0.0395. The molecule has 1 fully saturated rings. The van der Waals surface area contributed by atoms with Crippen LogP contribution in [-0.2, 0) is 9.84 Å². The number of nitrogens with zero attached hydrogens (tertiary/aromatic N) is 1. The van der Waals surface area contributed by atoms with E-state index in [1.165, 1.54) is 24.7 Å². The fourth-order valence-corrected chi connectivity index (χ4v) is 5.23. The van der Waals surface area contributed by atoms with Crippen molar-refractivity contribution in [2.24, 2.45) is 10.4 Å². The molecule has 6 nitrogen and oxygen atoms in total. The smallest absolute Gasteiger partial charge is 0.191 e. The minimum absolute atomic E-state index is 0.0698. The highest BCUT2D eigenvalue weighted by molar-refractivity contribution is 7.90. The van der Waals surface area contributed by atoms with Gasteiger partial charge < -0.3 is 15.4 Å². The van der Waals surface area contributed by atoms with E-state index in [9.17, 15) is 8.42 Å². The Morgan fingerprint density at radius 2 is 1.97 bits per heavy atom. The number of hydrogen-bond acceptors (Lipinski definition) is 4. The van der Waals surface area contributed by atoms with Crippen LogP contribution in [0.2, 0.25) is 0 Å². The highest BCUT2D eigenvalue weighted by Gasteiger charge is 2.43. The molecule has 1 aliphatic heterocycles. The second-order valence-electron chi connectivity index (χ2n) is 9.40. The van der Waals surface area contributed by atoms with Crippen molar-refractivity contribution in [3.8, 4) is 5.75 Å². The van der Waals surface area contributed by atoms with Crippen LogP contribution in [0.4, 0.5) is 0 Å². The van der Waals surface area contributed by atoms with Crippen molar-refractivity contribution >= 4 is 15.8 Å². The third-order valence-corrected chi connectivity index (χ3v) is 7.08. The van der Waals surface area contributed by atoms with E-state index in [-0.39, 0.29) is 22.8 Å². The summed E-state index contributed by atoms with van der Waals surface area (Å²) < 4.78 is 29.5. The van der Waals surface area contributed by atoms with Crippen molar-refractivity contribution in [2.75, 3.05) is 25.6 Å². The molecule has 0 aromatic heterocycles. The highest BCUT2D eigenvalue weighted by atomic mass is 32.2. The Bertz CT molecular complexity index is 843. The zero-order chi connectivity index (χ0) is 21.1. The number of guanidine groups is 1. The standard InChI is InChI=1S/C22H35N3O3S/c1-21(2,13-14-29(4,26)27)16-24-20(23-3)25-18-15-22(11-7-8-12-22)28-19-10-6-5-9-17(18)19/h5-6,9-10,18H,7-8,11-16H2,1-4H3,(H2,23,24,25). The van der Waals surface area contributed by atoms with Gasteiger partial charge in [-0.1, -0.05) is 32.0 Å². The van der Waals surface area contributed by atoms with Crippen molar-refractivity contribution < 1.29 is 13.2 Å². The van der Waals surface area contributed by atoms with Gasteiger partial charge in [0.25, 0.3) is 0 Å². The molecule has 1 spiro atoms. The molecule has 1 atom stereocenters. The van der Waals surface area contributed by atoms with Crippen molar-refractivity contribution in [2.45, 2.75) is 64.0 Å². The zero-order valence-corrected chi connectivity index (χ0v) is 18.9. The van der Waals surface area contributed by atoms with E-state index in [0.717, 1.165) is 31.0 Å². The van der Waals surface area contributed by atoms with E-state index >= 15 is 0 Å². The summed E-state index contributed by atoms with van der Waals surface area (Å²) >= 11 is 0. The highest BCUT2D eigenvalue weighted by Crippen LogP contribution is 2.46. The first-order valence-corrected chi connectivity index (χ1v) is 12.6. The van der Waals surface area contributed by atoms with Gasteiger partial charge in [0.05, 0.1) is 11.8 Å². The van der Waals surface area contributed by atoms with E-state index in [1.807, 2.05) is 12.1 Å². The maximum atomic E-state index is 11.5. The first-order valence-electron chi connectivity index (χ1n) is 10.5. The van der Waals surface area contributed by atoms with Crippen LogP contribution in [0.15, 0.2) is 29.3 Å². The number of fused-ring (bicyclic) bond motifs is 1. The second-order valence-corrected chi connectivity index (χ2v) is 11.7. The molecule has 0 bridgehead atoms. The number of aliphatic imine (C=N–C) groups is 1. The lowest BCUT2D eigenvalue weighted by Crippen LogP contribution is -2.48. The minimum atomic E-state index is -2.96. The molecular weight excluding hydrogens is 386 g/mol. The summed E-state index contributed by atoms with van der Waals surface area (Å²) in [6.07, 6.45) is 7.47. The summed E-state index contributed by atoms with van der Waals surface area (Å²) in [4.78, 5) is 4.42. The Labute approximate surface area is 175 Å². The Hall–Kier alpha value is -1.76. The van der Waals surface area contributed by atoms with Crippen LogP contribution >= 0.6 is 0 Å². The predicted octanol–water partition coefficient (Wildman–Crippen LogP) is 3.45. The van der Waals surface area contributed by atoms with Gasteiger partial charge in [0, 0.05) is 31.8 Å². The van der Waals surface area contributed by atoms with Gasteiger partial charge in [0.15, 0.2) is 5.96 Å². The summed E-state index contributed by atoms with van der Waals surface area (Å²) in [6, 6.07) is 8.41. The first kappa shape index (κ1) is 21.9. The van der Waals surface area contributed by atoms with E-state index in [1.54, 1.807) is 7.05 Å². The third kappa shape index (κ3) is 5.87. The Kier molecular flexibility index (Phi) is 6.46. The maximum Gasteiger partial charge on any atom is 0.191 e. The van der Waals surface area contributed by atoms with Gasteiger partial charge >= 0.3 is 0 Å². The zero-order valence-electron chi connectivity index (χ0n) is 18.1. The molecule has 7 heteroatoms. The van der Waals surface area contributed by atoms with Gasteiger partial charge in [-0.25, -0.2) is 8.42 Å². The predicted molar refractivity (Wildman–Crippen MR) is 118 cm³/mol. The van der Waals surface area contributed by atoms with Crippen LogP contribution in [-0.4, -0.2) is 45.6 Å². The topological polar surface area (TPSA) is 79.8 Å². The summed E-state index contributed by atoms with van der Waals surface area (Å²) in [5.74, 6) is 1.91. The first-order chi connectivity index (χ1) is 13.6. The molecule has 0 amide bonds. The number of sulfone groups is 1. The molecule has 2 N–H and O–H groups in total. The SMILES string of the molecule is CN=C(NCC(C)(C)CCS(C)(=O)=O)NC1CC2(CCCC2)Oc2ccccc21. The number of ether oxygens (including phenoxy) is 1. The fourth-order valence-electron chi connectivity index (χ4n) is 4.31. The Balaban J connectivity index is 1.67. The number of rotatable bonds is 6. The van der Waals surface area contributed by atoms with E-state index in [0.29, 0.717) is 13.0 Å². The van der Waals surface area contributed by atoms with Crippen molar-refractivity contribution in [3.05, 3.63) is 29.8 Å². The largest absolute Gasteiger partial charge is 0.487 e. The van der Waals surface area contributed by atoms with Crippen molar-refractivity contribution in [1.29, 1.82) is 0 Å². The van der Waals surface area contributed by atoms with E-state index in [2.05, 4.69) is 41.6 Å². The quantitative estimate of drug-likeness (QED) is 0.543. The van der Waals surface area contributed by atoms with E-state index in [4.69, 9.17) is 4.74 Å². The fraction of sp³-hybridized carbons (Fsp3) is 0.682. The molecule has 1 aromatic rings. The molecule has 2 aliphatic rings. The second kappa shape index (κ2) is 8.54. The summed E-state index contributed by atoms with van der Waals surface area (Å²) in [5, 5.41) is 7.00. The van der Waals surface area contributed by atoms with Crippen LogP contribution in [0.5, 0.6) is 5.75 Å². The molecule has 1 saturated carbocycles. The van der Waals surface area contributed by atoms with Gasteiger partial charge in [-0.15, -0.1) is 0 Å². The van der Waals surface area contributed by atoms with Crippen molar-refractivity contribution in [3.63, 3.8) is 0 Å². The Morgan fingerprint density at radius 3 is 2.62 bits per heavy atom. The average molecular weight is 422 g/mol. The Morgan fingerprint density at radius 1 is 1.28 bits per heavy atom. The number of benzene rings is 1. The summed E-state index contributed by atoms with van der Waals surface area (Å²) in [6.45, 7) is 4.81. The van der Waals surface area contributed by atoms with Gasteiger partial charge in [-0.3, -0.25) is 4.99 Å². The van der Waals surface area contributed by atoms with Crippen LogP contribution < -0.4 is 15.4 Å². The molecule has 1 aromatic carbocycles. The molecule has 162 valence electrons. The van der Waals surface area contributed by atoms with Crippen LogP contribution in [0.25, 0.3) is 0 Å². The minimum Gasteiger partial charge on any atom is -0.487 e. The molecule has 0 radical (unpaired) electrons. The van der Waals surface area contributed by atoms with Crippen LogP contribution in [0.1, 0.15) is 64.0 Å². The van der Waals surface area contributed by atoms with Gasteiger partial charge in [-0.2, -0.15) is 0 Å². The molecule has 0 saturated heterocycles. The maximum absolute atomic E-state index is 11.5. The molecule has 1 unspecified atom stereocenters. The molecule has 1 aliphatic carbocycles. The van der Waals surface area contributed by atoms with Gasteiger partial charge in [0.2, 0.25) is 0 Å². The number of nitrogens with one attached hydrogen (secondary N) is 2. The molecule has 3 rings (SSSR count). The van der Waals surface area contributed by atoms with Gasteiger partial charge in [0.1, 0.15) is 21.2 Å². The monoisotopic (exact) mass is 421 g/mol. The summed E-state index contributed by atoms with van der Waals surface area (Å²) in [5.41, 5.74) is 0.949. The van der Waals surface area contributed by atoms with Gasteiger partial charge in [-0.05, 0) is 43.6 Å². The van der Waals surface area contributed by atoms with Crippen LogP contribution in [0.3, 0.4) is 0 Å². The third-order valence-electron chi connectivity index (χ3n) is 6.13. The average Bonchev–Trinajstić information content (AvgIpc) is 3.10. The number of para-hydroxylation sites is 1. The lowest BCUT2D eigenvalue weighted by atomic mass is 9.86. The normalized spacial score (nSPS) is 21.5. The van der Waals surface area contributed by atoms with E-state index < -0.39 is 9.84 Å².